The highest BCUT2D eigenvalue weighted by Gasteiger charge is 2.19. The largest absolute Gasteiger partial charge is 0.355 e. The van der Waals surface area contributed by atoms with E-state index in [1.807, 2.05) is 0 Å². The van der Waals surface area contributed by atoms with Gasteiger partial charge in [-0.3, -0.25) is 4.79 Å². The molecular formula is C12H15FN2O. The third-order valence-corrected chi connectivity index (χ3v) is 2.71. The van der Waals surface area contributed by atoms with Gasteiger partial charge in [0.2, 0.25) is 5.91 Å². The molecule has 16 heavy (non-hydrogen) atoms. The summed E-state index contributed by atoms with van der Waals surface area (Å²) in [5.74, 6) is -0.219. The van der Waals surface area contributed by atoms with E-state index in [0.717, 1.165) is 25.1 Å². The maximum atomic E-state index is 12.7. The third kappa shape index (κ3) is 2.79. The van der Waals surface area contributed by atoms with Crippen LogP contribution in [0.1, 0.15) is 12.0 Å². The Balaban J connectivity index is 2.02. The fourth-order valence-corrected chi connectivity index (χ4v) is 1.81. The molecule has 1 aromatic carbocycles. The number of halogens is 1. The first kappa shape index (κ1) is 11.1. The quantitative estimate of drug-likeness (QED) is 0.778. The van der Waals surface area contributed by atoms with Crippen molar-refractivity contribution >= 4 is 5.91 Å². The predicted molar refractivity (Wildman–Crippen MR) is 59.5 cm³/mol. The molecule has 1 heterocycles. The second-order valence-corrected chi connectivity index (χ2v) is 3.98. The smallest absolute Gasteiger partial charge is 0.237 e. The van der Waals surface area contributed by atoms with Gasteiger partial charge in [0.15, 0.2) is 0 Å². The molecular weight excluding hydrogens is 207 g/mol. The zero-order chi connectivity index (χ0) is 11.4. The Morgan fingerprint density at radius 3 is 2.75 bits per heavy atom. The van der Waals surface area contributed by atoms with Crippen LogP contribution in [-0.2, 0) is 11.2 Å². The first-order chi connectivity index (χ1) is 7.75. The molecule has 4 heteroatoms. The minimum absolute atomic E-state index is 0.0295. The van der Waals surface area contributed by atoms with Gasteiger partial charge in [0, 0.05) is 6.54 Å². The first-order valence-electron chi connectivity index (χ1n) is 5.51. The van der Waals surface area contributed by atoms with Gasteiger partial charge in [-0.15, -0.1) is 0 Å². The zero-order valence-electron chi connectivity index (χ0n) is 9.00. The molecule has 0 spiro atoms. The summed E-state index contributed by atoms with van der Waals surface area (Å²) in [7, 11) is 0. The van der Waals surface area contributed by atoms with E-state index >= 15 is 0 Å². The highest BCUT2D eigenvalue weighted by molar-refractivity contribution is 5.82. The van der Waals surface area contributed by atoms with Crippen LogP contribution in [0.15, 0.2) is 24.3 Å². The Hall–Kier alpha value is -1.42. The van der Waals surface area contributed by atoms with Gasteiger partial charge in [0.25, 0.3) is 0 Å². The van der Waals surface area contributed by atoms with Crippen molar-refractivity contribution in [2.45, 2.75) is 18.9 Å². The highest BCUT2D eigenvalue weighted by atomic mass is 19.1. The SMILES string of the molecule is O=C1NCCCNC1Cc1ccc(F)cc1. The number of hydrogen-bond acceptors (Lipinski definition) is 2. The van der Waals surface area contributed by atoms with E-state index in [1.165, 1.54) is 12.1 Å². The lowest BCUT2D eigenvalue weighted by molar-refractivity contribution is -0.122. The summed E-state index contributed by atoms with van der Waals surface area (Å²) in [6, 6.07) is 6.08. The van der Waals surface area contributed by atoms with Crippen LogP contribution >= 0.6 is 0 Å². The van der Waals surface area contributed by atoms with Crippen LogP contribution in [0.3, 0.4) is 0 Å². The molecule has 0 radical (unpaired) electrons. The fourth-order valence-electron chi connectivity index (χ4n) is 1.81. The first-order valence-corrected chi connectivity index (χ1v) is 5.51. The third-order valence-electron chi connectivity index (χ3n) is 2.71. The van der Waals surface area contributed by atoms with Gasteiger partial charge in [0.05, 0.1) is 6.04 Å². The van der Waals surface area contributed by atoms with Crippen molar-refractivity contribution in [2.75, 3.05) is 13.1 Å². The summed E-state index contributed by atoms with van der Waals surface area (Å²) >= 11 is 0. The fraction of sp³-hybridized carbons (Fsp3) is 0.417. The van der Waals surface area contributed by atoms with Crippen molar-refractivity contribution in [1.82, 2.24) is 10.6 Å². The molecule has 2 rings (SSSR count). The molecule has 86 valence electrons. The van der Waals surface area contributed by atoms with Crippen LogP contribution in [-0.4, -0.2) is 25.0 Å². The van der Waals surface area contributed by atoms with Crippen molar-refractivity contribution in [3.63, 3.8) is 0 Å². The number of benzene rings is 1. The molecule has 1 amide bonds. The van der Waals surface area contributed by atoms with Gasteiger partial charge in [-0.2, -0.15) is 0 Å². The highest BCUT2D eigenvalue weighted by Crippen LogP contribution is 2.07. The van der Waals surface area contributed by atoms with Gasteiger partial charge in [-0.05, 0) is 37.1 Å². The number of rotatable bonds is 2. The molecule has 1 saturated heterocycles. The van der Waals surface area contributed by atoms with Gasteiger partial charge in [-0.25, -0.2) is 4.39 Å². The Bertz CT molecular complexity index is 364. The van der Waals surface area contributed by atoms with Crippen molar-refractivity contribution in [3.8, 4) is 0 Å². The summed E-state index contributed by atoms with van der Waals surface area (Å²) in [4.78, 5) is 11.6. The second kappa shape index (κ2) is 5.07. The van der Waals surface area contributed by atoms with Crippen LogP contribution in [0.25, 0.3) is 0 Å². The molecule has 1 fully saturated rings. The maximum Gasteiger partial charge on any atom is 0.237 e. The lowest BCUT2D eigenvalue weighted by Crippen LogP contribution is -2.42. The van der Waals surface area contributed by atoms with E-state index in [9.17, 15) is 9.18 Å². The zero-order valence-corrected chi connectivity index (χ0v) is 9.00. The average Bonchev–Trinajstić information content (AvgIpc) is 2.48. The number of carbonyl (C=O) groups is 1. The van der Waals surface area contributed by atoms with E-state index in [2.05, 4.69) is 10.6 Å². The van der Waals surface area contributed by atoms with Crippen LogP contribution in [0.2, 0.25) is 0 Å². The topological polar surface area (TPSA) is 41.1 Å². The van der Waals surface area contributed by atoms with Gasteiger partial charge in [-0.1, -0.05) is 12.1 Å². The molecule has 1 aromatic rings. The molecule has 0 aromatic heterocycles. The minimum atomic E-state index is -0.248. The Labute approximate surface area is 94.0 Å². The van der Waals surface area contributed by atoms with E-state index in [0.29, 0.717) is 6.42 Å². The van der Waals surface area contributed by atoms with E-state index in [-0.39, 0.29) is 17.8 Å². The minimum Gasteiger partial charge on any atom is -0.355 e. The monoisotopic (exact) mass is 222 g/mol. The lowest BCUT2D eigenvalue weighted by Gasteiger charge is -2.14. The molecule has 0 saturated carbocycles. The molecule has 0 bridgehead atoms. The van der Waals surface area contributed by atoms with E-state index in [4.69, 9.17) is 0 Å². The van der Waals surface area contributed by atoms with Gasteiger partial charge >= 0.3 is 0 Å². The van der Waals surface area contributed by atoms with Crippen LogP contribution in [0.4, 0.5) is 4.39 Å². The Morgan fingerprint density at radius 1 is 1.25 bits per heavy atom. The molecule has 3 nitrogen and oxygen atoms in total. The lowest BCUT2D eigenvalue weighted by atomic mass is 10.1. The van der Waals surface area contributed by atoms with Crippen molar-refractivity contribution in [3.05, 3.63) is 35.6 Å². The average molecular weight is 222 g/mol. The summed E-state index contributed by atoms with van der Waals surface area (Å²) in [6.07, 6.45) is 1.55. The number of nitrogens with one attached hydrogen (secondary N) is 2. The summed E-state index contributed by atoms with van der Waals surface area (Å²) < 4.78 is 12.7. The molecule has 1 aliphatic heterocycles. The standard InChI is InChI=1S/C12H15FN2O/c13-10-4-2-9(3-5-10)8-11-12(16)15-7-1-6-14-11/h2-5,11,14H,1,6-8H2,(H,15,16). The normalized spacial score (nSPS) is 21.3. The molecule has 1 atom stereocenters. The molecule has 0 aliphatic carbocycles. The van der Waals surface area contributed by atoms with Crippen LogP contribution in [0, 0.1) is 5.82 Å². The molecule has 1 aliphatic rings. The summed E-state index contributed by atoms with van der Waals surface area (Å²) in [6.45, 7) is 1.57. The number of hydrogen-bond donors (Lipinski definition) is 2. The maximum absolute atomic E-state index is 12.7. The van der Waals surface area contributed by atoms with E-state index in [1.54, 1.807) is 12.1 Å². The van der Waals surface area contributed by atoms with Crippen LogP contribution < -0.4 is 10.6 Å². The van der Waals surface area contributed by atoms with E-state index < -0.39 is 0 Å². The number of amides is 1. The Kier molecular flexibility index (Phi) is 3.51. The summed E-state index contributed by atoms with van der Waals surface area (Å²) in [5, 5.41) is 6.04. The van der Waals surface area contributed by atoms with Gasteiger partial charge in [0.1, 0.15) is 5.82 Å². The van der Waals surface area contributed by atoms with Crippen LogP contribution in [0.5, 0.6) is 0 Å². The van der Waals surface area contributed by atoms with Gasteiger partial charge < -0.3 is 10.6 Å². The summed E-state index contributed by atoms with van der Waals surface area (Å²) in [5.41, 5.74) is 0.968. The molecule has 2 N–H and O–H groups in total. The predicted octanol–water partition coefficient (Wildman–Crippen LogP) is 0.846. The second-order valence-electron chi connectivity index (χ2n) is 3.98. The van der Waals surface area contributed by atoms with Crippen molar-refractivity contribution < 1.29 is 9.18 Å². The van der Waals surface area contributed by atoms with Crippen molar-refractivity contribution in [2.24, 2.45) is 0 Å². The molecule has 1 unspecified atom stereocenters. The van der Waals surface area contributed by atoms with Crippen molar-refractivity contribution in [1.29, 1.82) is 0 Å². The number of carbonyl (C=O) groups excluding carboxylic acids is 1. The Morgan fingerprint density at radius 2 is 2.00 bits per heavy atom.